The van der Waals surface area contributed by atoms with Crippen LogP contribution in [0.25, 0.3) is 0 Å². The highest BCUT2D eigenvalue weighted by Crippen LogP contribution is 2.22. The predicted octanol–water partition coefficient (Wildman–Crippen LogP) is 1.44. The fourth-order valence-corrected chi connectivity index (χ4v) is 2.23. The second kappa shape index (κ2) is 8.48. The molecule has 100 valence electrons. The lowest BCUT2D eigenvalue weighted by molar-refractivity contribution is -0.122. The number of rotatable bonds is 7. The van der Waals surface area contributed by atoms with Gasteiger partial charge in [0.1, 0.15) is 0 Å². The fourth-order valence-electron chi connectivity index (χ4n) is 2.23. The molecule has 3 N–H and O–H groups in total. The molecule has 0 saturated heterocycles. The van der Waals surface area contributed by atoms with Crippen LogP contribution in [0.4, 0.5) is 0 Å². The van der Waals surface area contributed by atoms with Crippen LogP contribution in [0.5, 0.6) is 0 Å². The smallest absolute Gasteiger partial charge is 0.222 e. The van der Waals surface area contributed by atoms with Gasteiger partial charge in [-0.3, -0.25) is 4.79 Å². The van der Waals surface area contributed by atoms with Crippen molar-refractivity contribution in [3.63, 3.8) is 0 Å². The number of carbonyl (C=O) groups is 1. The number of ether oxygens (including phenoxy) is 1. The van der Waals surface area contributed by atoms with Gasteiger partial charge >= 0.3 is 0 Å². The molecule has 2 atom stereocenters. The molecule has 0 aromatic rings. The molecule has 0 heterocycles. The number of hydrogen-bond donors (Lipinski definition) is 2. The number of nitrogens with two attached hydrogens (primary N) is 1. The van der Waals surface area contributed by atoms with Crippen LogP contribution in [0.3, 0.4) is 0 Å². The van der Waals surface area contributed by atoms with Crippen LogP contribution in [0.1, 0.15) is 45.4 Å². The lowest BCUT2D eigenvalue weighted by Gasteiger charge is -2.28. The van der Waals surface area contributed by atoms with E-state index in [2.05, 4.69) is 12.2 Å². The van der Waals surface area contributed by atoms with Crippen LogP contribution in [0.15, 0.2) is 0 Å². The van der Waals surface area contributed by atoms with E-state index in [0.29, 0.717) is 18.9 Å². The molecule has 0 aromatic heterocycles. The van der Waals surface area contributed by atoms with Gasteiger partial charge in [-0.15, -0.1) is 0 Å². The zero-order valence-corrected chi connectivity index (χ0v) is 10.9. The lowest BCUT2D eigenvalue weighted by atomic mass is 9.85. The summed E-state index contributed by atoms with van der Waals surface area (Å²) in [5, 5.41) is 2.96. The van der Waals surface area contributed by atoms with E-state index in [1.54, 1.807) is 0 Å². The van der Waals surface area contributed by atoms with Crippen molar-refractivity contribution in [2.24, 2.45) is 11.7 Å². The van der Waals surface area contributed by atoms with E-state index in [0.717, 1.165) is 32.4 Å². The molecule has 0 radical (unpaired) electrons. The van der Waals surface area contributed by atoms with Crippen molar-refractivity contribution in [1.82, 2.24) is 5.32 Å². The molecule has 1 amide bonds. The summed E-state index contributed by atoms with van der Waals surface area (Å²) >= 11 is 0. The van der Waals surface area contributed by atoms with Gasteiger partial charge < -0.3 is 15.8 Å². The zero-order valence-electron chi connectivity index (χ0n) is 10.9. The van der Waals surface area contributed by atoms with Crippen molar-refractivity contribution in [2.75, 3.05) is 19.8 Å². The van der Waals surface area contributed by atoms with E-state index >= 15 is 0 Å². The van der Waals surface area contributed by atoms with Crippen LogP contribution >= 0.6 is 0 Å². The molecule has 1 rings (SSSR count). The number of hydrogen-bond acceptors (Lipinski definition) is 3. The summed E-state index contributed by atoms with van der Waals surface area (Å²) in [7, 11) is 0. The summed E-state index contributed by atoms with van der Waals surface area (Å²) in [6.07, 6.45) is 6.18. The fraction of sp³-hybridized carbons (Fsp3) is 0.923. The quantitative estimate of drug-likeness (QED) is 0.664. The summed E-state index contributed by atoms with van der Waals surface area (Å²) in [5.41, 5.74) is 6.03. The Labute approximate surface area is 104 Å². The molecule has 0 bridgehead atoms. The molecule has 0 aliphatic heterocycles. The van der Waals surface area contributed by atoms with E-state index in [1.807, 2.05) is 0 Å². The third kappa shape index (κ3) is 6.03. The van der Waals surface area contributed by atoms with Crippen LogP contribution in [-0.2, 0) is 9.53 Å². The van der Waals surface area contributed by atoms with Crippen molar-refractivity contribution in [2.45, 2.75) is 51.5 Å². The van der Waals surface area contributed by atoms with E-state index in [-0.39, 0.29) is 11.9 Å². The highest BCUT2D eigenvalue weighted by molar-refractivity contribution is 5.75. The summed E-state index contributed by atoms with van der Waals surface area (Å²) in [6, 6.07) is 0.264. The Hall–Kier alpha value is -0.610. The number of nitrogens with one attached hydrogen (secondary N) is 1. The summed E-state index contributed by atoms with van der Waals surface area (Å²) in [5.74, 6) is 0.545. The minimum Gasteiger partial charge on any atom is -0.381 e. The molecule has 17 heavy (non-hydrogen) atoms. The second-order valence-corrected chi connectivity index (χ2v) is 4.87. The minimum atomic E-state index is 0.0823. The molecule has 4 nitrogen and oxygen atoms in total. The van der Waals surface area contributed by atoms with Crippen LogP contribution in [0, 0.1) is 5.92 Å². The Kier molecular flexibility index (Phi) is 7.21. The zero-order chi connectivity index (χ0) is 12.5. The average Bonchev–Trinajstić information content (AvgIpc) is 2.34. The minimum absolute atomic E-state index is 0.0823. The van der Waals surface area contributed by atoms with Gasteiger partial charge in [0.15, 0.2) is 0 Å². The van der Waals surface area contributed by atoms with E-state index in [9.17, 15) is 4.79 Å². The maximum absolute atomic E-state index is 11.5. The first kappa shape index (κ1) is 14.5. The van der Waals surface area contributed by atoms with Gasteiger partial charge in [-0.05, 0) is 25.2 Å². The van der Waals surface area contributed by atoms with Gasteiger partial charge in [0, 0.05) is 25.6 Å². The van der Waals surface area contributed by atoms with Gasteiger partial charge in [-0.2, -0.15) is 0 Å². The Bertz CT molecular complexity index is 221. The van der Waals surface area contributed by atoms with Crippen molar-refractivity contribution in [3.05, 3.63) is 0 Å². The number of carbonyl (C=O) groups excluding carboxylic acids is 1. The van der Waals surface area contributed by atoms with Gasteiger partial charge in [0.05, 0.1) is 6.61 Å². The summed E-state index contributed by atoms with van der Waals surface area (Å²) in [4.78, 5) is 11.5. The molecular formula is C13H26N2O2. The van der Waals surface area contributed by atoms with Crippen molar-refractivity contribution in [1.29, 1.82) is 0 Å². The molecule has 1 aliphatic rings. The van der Waals surface area contributed by atoms with Crippen LogP contribution in [-0.4, -0.2) is 31.7 Å². The van der Waals surface area contributed by atoms with E-state index < -0.39 is 0 Å². The number of amides is 1. The monoisotopic (exact) mass is 242 g/mol. The normalized spacial score (nSPS) is 24.6. The largest absolute Gasteiger partial charge is 0.381 e. The maximum Gasteiger partial charge on any atom is 0.222 e. The highest BCUT2D eigenvalue weighted by Gasteiger charge is 2.21. The highest BCUT2D eigenvalue weighted by atomic mass is 16.5. The molecule has 0 aromatic carbocycles. The van der Waals surface area contributed by atoms with E-state index in [4.69, 9.17) is 10.5 Å². The van der Waals surface area contributed by atoms with Gasteiger partial charge in [0.25, 0.3) is 0 Å². The van der Waals surface area contributed by atoms with Crippen LogP contribution < -0.4 is 11.1 Å². The molecular weight excluding hydrogens is 216 g/mol. The lowest BCUT2D eigenvalue weighted by Crippen LogP contribution is -2.41. The summed E-state index contributed by atoms with van der Waals surface area (Å²) < 4.78 is 5.28. The molecule has 1 saturated carbocycles. The third-order valence-corrected chi connectivity index (χ3v) is 3.35. The molecule has 2 unspecified atom stereocenters. The molecule has 1 fully saturated rings. The average molecular weight is 242 g/mol. The molecule has 0 spiro atoms. The third-order valence-electron chi connectivity index (χ3n) is 3.35. The first-order valence-corrected chi connectivity index (χ1v) is 6.84. The van der Waals surface area contributed by atoms with Crippen molar-refractivity contribution < 1.29 is 9.53 Å². The van der Waals surface area contributed by atoms with Gasteiger partial charge in [-0.1, -0.05) is 19.8 Å². The summed E-state index contributed by atoms with van der Waals surface area (Å²) in [6.45, 7) is 4.05. The first-order chi connectivity index (χ1) is 8.24. The first-order valence-electron chi connectivity index (χ1n) is 6.84. The predicted molar refractivity (Wildman–Crippen MR) is 68.7 cm³/mol. The topological polar surface area (TPSA) is 64.3 Å². The van der Waals surface area contributed by atoms with Gasteiger partial charge in [0.2, 0.25) is 5.91 Å². The van der Waals surface area contributed by atoms with Crippen molar-refractivity contribution in [3.8, 4) is 0 Å². The molecule has 4 heteroatoms. The Morgan fingerprint density at radius 2 is 2.12 bits per heavy atom. The Morgan fingerprint density at radius 1 is 1.35 bits per heavy atom. The van der Waals surface area contributed by atoms with Crippen molar-refractivity contribution >= 4 is 5.91 Å². The molecule has 1 aliphatic carbocycles. The second-order valence-electron chi connectivity index (χ2n) is 4.87. The maximum atomic E-state index is 11.5. The van der Waals surface area contributed by atoms with Crippen LogP contribution in [0.2, 0.25) is 0 Å². The Balaban J connectivity index is 2.06. The van der Waals surface area contributed by atoms with E-state index in [1.165, 1.54) is 12.8 Å². The Morgan fingerprint density at radius 3 is 2.82 bits per heavy atom. The standard InChI is InChI=1S/C13H26N2O2/c1-2-8-17-9-7-13(16)15-10-11-5-3-4-6-12(11)14/h11-12H,2-10,14H2,1H3,(H,15,16). The van der Waals surface area contributed by atoms with Gasteiger partial charge in [-0.25, -0.2) is 0 Å². The SMILES string of the molecule is CCCOCCC(=O)NCC1CCCCC1N.